The predicted molar refractivity (Wildman–Crippen MR) is 97.8 cm³/mol. The van der Waals surface area contributed by atoms with Crippen molar-refractivity contribution in [2.75, 3.05) is 6.54 Å². The first-order valence-corrected chi connectivity index (χ1v) is 9.29. The number of benzene rings is 1. The lowest BCUT2D eigenvalue weighted by atomic mass is 9.93. The standard InChI is InChI=1S/C19H20N4OS/c1-13-8-14(2)17-5-6-22(10-15(17)9-13)19(24)18-12-23(21-20-18)11-16-4-3-7-25-16/h3-4,7-9,12H,5-6,10-11H2,1-2H3. The minimum atomic E-state index is -0.0396. The second kappa shape index (κ2) is 6.44. The van der Waals surface area contributed by atoms with Crippen molar-refractivity contribution in [1.82, 2.24) is 19.9 Å². The number of nitrogens with zero attached hydrogens (tertiary/aromatic N) is 4. The summed E-state index contributed by atoms with van der Waals surface area (Å²) in [7, 11) is 0. The molecule has 1 amide bonds. The fraction of sp³-hybridized carbons (Fsp3) is 0.316. The van der Waals surface area contributed by atoms with Gasteiger partial charge in [0, 0.05) is 18.0 Å². The smallest absolute Gasteiger partial charge is 0.276 e. The molecule has 128 valence electrons. The number of thiophene rings is 1. The average Bonchev–Trinajstić information content (AvgIpc) is 3.26. The van der Waals surface area contributed by atoms with Crippen molar-refractivity contribution < 1.29 is 4.79 Å². The molecule has 3 aromatic rings. The van der Waals surface area contributed by atoms with Gasteiger partial charge < -0.3 is 4.90 Å². The molecule has 1 aromatic carbocycles. The Labute approximate surface area is 150 Å². The Balaban J connectivity index is 1.51. The Kier molecular flexibility index (Phi) is 4.13. The van der Waals surface area contributed by atoms with Gasteiger partial charge in [0.1, 0.15) is 0 Å². The maximum absolute atomic E-state index is 12.8. The zero-order chi connectivity index (χ0) is 17.4. The summed E-state index contributed by atoms with van der Waals surface area (Å²) in [5.74, 6) is -0.0396. The molecule has 0 aliphatic carbocycles. The van der Waals surface area contributed by atoms with Gasteiger partial charge in [0.25, 0.3) is 5.91 Å². The predicted octanol–water partition coefficient (Wildman–Crippen LogP) is 3.20. The minimum absolute atomic E-state index is 0.0396. The molecular weight excluding hydrogens is 332 g/mol. The van der Waals surface area contributed by atoms with E-state index >= 15 is 0 Å². The highest BCUT2D eigenvalue weighted by molar-refractivity contribution is 7.09. The van der Waals surface area contributed by atoms with Crippen molar-refractivity contribution in [1.29, 1.82) is 0 Å². The molecule has 1 aliphatic heterocycles. The van der Waals surface area contributed by atoms with Crippen LogP contribution >= 0.6 is 11.3 Å². The lowest BCUT2D eigenvalue weighted by molar-refractivity contribution is 0.0728. The molecule has 0 fully saturated rings. The molecule has 1 aliphatic rings. The van der Waals surface area contributed by atoms with Crippen molar-refractivity contribution in [2.24, 2.45) is 0 Å². The number of hydrogen-bond acceptors (Lipinski definition) is 4. The maximum atomic E-state index is 12.8. The van der Waals surface area contributed by atoms with Gasteiger partial charge in [0.2, 0.25) is 0 Å². The summed E-state index contributed by atoms with van der Waals surface area (Å²) in [4.78, 5) is 15.9. The molecule has 0 atom stereocenters. The topological polar surface area (TPSA) is 51.0 Å². The summed E-state index contributed by atoms with van der Waals surface area (Å²) in [6, 6.07) is 8.47. The van der Waals surface area contributed by atoms with E-state index in [9.17, 15) is 4.79 Å². The first-order valence-electron chi connectivity index (χ1n) is 8.41. The van der Waals surface area contributed by atoms with Gasteiger partial charge >= 0.3 is 0 Å². The van der Waals surface area contributed by atoms with E-state index in [0.29, 0.717) is 18.8 Å². The molecule has 2 aromatic heterocycles. The molecule has 0 spiro atoms. The lowest BCUT2D eigenvalue weighted by Crippen LogP contribution is -2.36. The summed E-state index contributed by atoms with van der Waals surface area (Å²) in [6.07, 6.45) is 2.65. The number of carbonyl (C=O) groups is 1. The van der Waals surface area contributed by atoms with Crippen LogP contribution in [0.15, 0.2) is 35.8 Å². The van der Waals surface area contributed by atoms with E-state index < -0.39 is 0 Å². The molecule has 5 nitrogen and oxygen atoms in total. The summed E-state index contributed by atoms with van der Waals surface area (Å²) in [5, 5.41) is 10.2. The Morgan fingerprint density at radius 2 is 2.20 bits per heavy atom. The number of rotatable bonds is 3. The second-order valence-electron chi connectivity index (χ2n) is 6.58. The van der Waals surface area contributed by atoms with Gasteiger partial charge in [-0.25, -0.2) is 4.68 Å². The molecule has 0 unspecified atom stereocenters. The molecule has 3 heterocycles. The zero-order valence-electron chi connectivity index (χ0n) is 14.4. The minimum Gasteiger partial charge on any atom is -0.333 e. The van der Waals surface area contributed by atoms with Crippen molar-refractivity contribution in [3.63, 3.8) is 0 Å². The third-order valence-corrected chi connectivity index (χ3v) is 5.51. The van der Waals surface area contributed by atoms with Gasteiger partial charge in [-0.3, -0.25) is 4.79 Å². The first kappa shape index (κ1) is 16.0. The molecule has 6 heteroatoms. The molecular formula is C19H20N4OS. The zero-order valence-corrected chi connectivity index (χ0v) is 15.2. The number of amides is 1. The van der Waals surface area contributed by atoms with Crippen LogP contribution < -0.4 is 0 Å². The molecule has 0 saturated heterocycles. The third-order valence-electron chi connectivity index (χ3n) is 4.65. The van der Waals surface area contributed by atoms with Gasteiger partial charge in [0.05, 0.1) is 12.7 Å². The number of aromatic nitrogens is 3. The number of fused-ring (bicyclic) bond motifs is 1. The molecule has 4 rings (SSSR count). The highest BCUT2D eigenvalue weighted by Gasteiger charge is 2.24. The lowest BCUT2D eigenvalue weighted by Gasteiger charge is -2.29. The van der Waals surface area contributed by atoms with Crippen molar-refractivity contribution in [3.8, 4) is 0 Å². The van der Waals surface area contributed by atoms with E-state index in [1.54, 1.807) is 22.2 Å². The van der Waals surface area contributed by atoms with Crippen LogP contribution in [0, 0.1) is 13.8 Å². The summed E-state index contributed by atoms with van der Waals surface area (Å²) in [5.41, 5.74) is 5.62. The highest BCUT2D eigenvalue weighted by Crippen LogP contribution is 2.24. The molecule has 0 bridgehead atoms. The van der Waals surface area contributed by atoms with Crippen LogP contribution in [0.5, 0.6) is 0 Å². The van der Waals surface area contributed by atoms with E-state index in [-0.39, 0.29) is 5.91 Å². The van der Waals surface area contributed by atoms with E-state index in [1.165, 1.54) is 27.1 Å². The maximum Gasteiger partial charge on any atom is 0.276 e. The molecule has 0 saturated carbocycles. The first-order chi connectivity index (χ1) is 12.1. The SMILES string of the molecule is Cc1cc(C)c2c(c1)CN(C(=O)c1cn(Cc3cccs3)nn1)CC2. The van der Waals surface area contributed by atoms with E-state index in [4.69, 9.17) is 0 Å². The van der Waals surface area contributed by atoms with Gasteiger partial charge in [-0.15, -0.1) is 16.4 Å². The van der Waals surface area contributed by atoms with Crippen LogP contribution in [-0.4, -0.2) is 32.3 Å². The van der Waals surface area contributed by atoms with Crippen molar-refractivity contribution >= 4 is 17.2 Å². The Morgan fingerprint density at radius 1 is 1.32 bits per heavy atom. The number of aryl methyl sites for hydroxylation is 2. The average molecular weight is 352 g/mol. The van der Waals surface area contributed by atoms with Crippen LogP contribution in [0.3, 0.4) is 0 Å². The Hall–Kier alpha value is -2.47. The quantitative estimate of drug-likeness (QED) is 0.727. The summed E-state index contributed by atoms with van der Waals surface area (Å²) >= 11 is 1.67. The Morgan fingerprint density at radius 3 is 3.00 bits per heavy atom. The van der Waals surface area contributed by atoms with Crippen LogP contribution in [0.2, 0.25) is 0 Å². The highest BCUT2D eigenvalue weighted by atomic mass is 32.1. The second-order valence-corrected chi connectivity index (χ2v) is 7.61. The van der Waals surface area contributed by atoms with Gasteiger partial charge in [-0.1, -0.05) is 29.0 Å². The largest absolute Gasteiger partial charge is 0.333 e. The summed E-state index contributed by atoms with van der Waals surface area (Å²) in [6.45, 7) is 6.28. The van der Waals surface area contributed by atoms with Crippen LogP contribution in [0.25, 0.3) is 0 Å². The van der Waals surface area contributed by atoms with E-state index in [1.807, 2.05) is 16.3 Å². The van der Waals surface area contributed by atoms with Gasteiger partial charge in [0.15, 0.2) is 5.69 Å². The van der Waals surface area contributed by atoms with Crippen molar-refractivity contribution in [2.45, 2.75) is 33.4 Å². The molecule has 0 N–H and O–H groups in total. The van der Waals surface area contributed by atoms with Gasteiger partial charge in [-0.05, 0) is 48.4 Å². The van der Waals surface area contributed by atoms with Gasteiger partial charge in [-0.2, -0.15) is 0 Å². The van der Waals surface area contributed by atoms with Crippen molar-refractivity contribution in [3.05, 3.63) is 68.7 Å². The van der Waals surface area contributed by atoms with E-state index in [2.05, 4.69) is 42.4 Å². The number of carbonyl (C=O) groups excluding carboxylic acids is 1. The number of hydrogen-bond donors (Lipinski definition) is 0. The fourth-order valence-corrected chi connectivity index (χ4v) is 4.18. The normalized spacial score (nSPS) is 13.8. The van der Waals surface area contributed by atoms with E-state index in [0.717, 1.165) is 13.0 Å². The third kappa shape index (κ3) is 3.22. The Bertz CT molecular complexity index is 914. The van der Waals surface area contributed by atoms with Crippen LogP contribution in [0.4, 0.5) is 0 Å². The molecule has 0 radical (unpaired) electrons. The fourth-order valence-electron chi connectivity index (χ4n) is 3.49. The summed E-state index contributed by atoms with van der Waals surface area (Å²) < 4.78 is 1.73. The van der Waals surface area contributed by atoms with Crippen LogP contribution in [-0.2, 0) is 19.5 Å². The monoisotopic (exact) mass is 352 g/mol. The molecule has 25 heavy (non-hydrogen) atoms. The van der Waals surface area contributed by atoms with Crippen LogP contribution in [0.1, 0.15) is 37.6 Å².